The first kappa shape index (κ1) is 17.5. The maximum absolute atomic E-state index is 12.6. The Hall–Kier alpha value is -2.33. The Bertz CT molecular complexity index is 848. The third kappa shape index (κ3) is 3.54. The van der Waals surface area contributed by atoms with Crippen molar-refractivity contribution in [2.45, 2.75) is 27.2 Å². The summed E-state index contributed by atoms with van der Waals surface area (Å²) in [5.41, 5.74) is 4.59. The molecule has 1 saturated heterocycles. The standard InChI is InChI=1S/C20H21ClN2O2/c1-12-7-8-18(13(2)9-12)23-11-15(10-19(23)24)20(25)22-17-6-4-5-16(21)14(17)3/h4-9,15H,10-11H2,1-3H3,(H,22,25)/t15-/m1/s1. The van der Waals surface area contributed by atoms with Gasteiger partial charge in [0.1, 0.15) is 0 Å². The van der Waals surface area contributed by atoms with E-state index in [-0.39, 0.29) is 24.2 Å². The Morgan fingerprint density at radius 1 is 1.20 bits per heavy atom. The number of carbonyl (C=O) groups is 2. The first-order valence-corrected chi connectivity index (χ1v) is 8.68. The van der Waals surface area contributed by atoms with E-state index in [0.717, 1.165) is 22.4 Å². The molecule has 0 aliphatic carbocycles. The van der Waals surface area contributed by atoms with E-state index in [2.05, 4.69) is 5.32 Å². The number of anilines is 2. The number of carbonyl (C=O) groups excluding carboxylic acids is 2. The van der Waals surface area contributed by atoms with Gasteiger partial charge in [-0.15, -0.1) is 0 Å². The lowest BCUT2D eigenvalue weighted by atomic mass is 10.1. The summed E-state index contributed by atoms with van der Waals surface area (Å²) in [4.78, 5) is 26.7. The van der Waals surface area contributed by atoms with Crippen LogP contribution in [-0.2, 0) is 9.59 Å². The van der Waals surface area contributed by atoms with Crippen LogP contribution in [0, 0.1) is 26.7 Å². The molecule has 5 heteroatoms. The van der Waals surface area contributed by atoms with Gasteiger partial charge in [0, 0.05) is 29.4 Å². The molecule has 1 N–H and O–H groups in total. The van der Waals surface area contributed by atoms with Gasteiger partial charge in [0.25, 0.3) is 0 Å². The third-order valence-corrected chi connectivity index (χ3v) is 5.07. The first-order chi connectivity index (χ1) is 11.9. The monoisotopic (exact) mass is 356 g/mol. The summed E-state index contributed by atoms with van der Waals surface area (Å²) in [6, 6.07) is 11.4. The zero-order chi connectivity index (χ0) is 18.1. The molecule has 0 spiro atoms. The molecule has 0 radical (unpaired) electrons. The van der Waals surface area contributed by atoms with E-state index in [0.29, 0.717) is 17.3 Å². The fraction of sp³-hybridized carbons (Fsp3) is 0.300. The summed E-state index contributed by atoms with van der Waals surface area (Å²) in [6.45, 7) is 6.26. The Kier molecular flexibility index (Phi) is 4.82. The number of nitrogens with one attached hydrogen (secondary N) is 1. The van der Waals surface area contributed by atoms with Crippen LogP contribution in [0.25, 0.3) is 0 Å². The van der Waals surface area contributed by atoms with E-state index in [9.17, 15) is 9.59 Å². The van der Waals surface area contributed by atoms with E-state index in [4.69, 9.17) is 11.6 Å². The molecule has 2 aromatic carbocycles. The number of amides is 2. The second-order valence-corrected chi connectivity index (χ2v) is 7.00. The quantitative estimate of drug-likeness (QED) is 0.893. The van der Waals surface area contributed by atoms with Crippen LogP contribution in [-0.4, -0.2) is 18.4 Å². The van der Waals surface area contributed by atoms with Gasteiger partial charge >= 0.3 is 0 Å². The molecule has 1 aliphatic rings. The molecule has 1 atom stereocenters. The van der Waals surface area contributed by atoms with Gasteiger partial charge in [0.05, 0.1) is 5.92 Å². The van der Waals surface area contributed by atoms with Crippen LogP contribution >= 0.6 is 11.6 Å². The highest BCUT2D eigenvalue weighted by Crippen LogP contribution is 2.30. The van der Waals surface area contributed by atoms with Gasteiger partial charge < -0.3 is 10.2 Å². The smallest absolute Gasteiger partial charge is 0.229 e. The zero-order valence-electron chi connectivity index (χ0n) is 14.6. The van der Waals surface area contributed by atoms with Gasteiger partial charge in [-0.1, -0.05) is 35.4 Å². The second-order valence-electron chi connectivity index (χ2n) is 6.60. The highest BCUT2D eigenvalue weighted by molar-refractivity contribution is 6.31. The van der Waals surface area contributed by atoms with Gasteiger partial charge in [0.15, 0.2) is 0 Å². The predicted molar refractivity (Wildman–Crippen MR) is 101 cm³/mol. The third-order valence-electron chi connectivity index (χ3n) is 4.66. The topological polar surface area (TPSA) is 49.4 Å². The van der Waals surface area contributed by atoms with Gasteiger partial charge in [0.2, 0.25) is 11.8 Å². The number of rotatable bonds is 3. The minimum atomic E-state index is -0.369. The van der Waals surface area contributed by atoms with Crippen LogP contribution in [0.5, 0.6) is 0 Å². The maximum atomic E-state index is 12.6. The summed E-state index contributed by atoms with van der Waals surface area (Å²) in [5.74, 6) is -0.535. The Morgan fingerprint density at radius 2 is 1.96 bits per heavy atom. The molecule has 4 nitrogen and oxygen atoms in total. The van der Waals surface area contributed by atoms with Crippen molar-refractivity contribution in [1.29, 1.82) is 0 Å². The van der Waals surface area contributed by atoms with Crippen LogP contribution in [0.15, 0.2) is 36.4 Å². The van der Waals surface area contributed by atoms with Crippen molar-refractivity contribution >= 4 is 34.8 Å². The fourth-order valence-corrected chi connectivity index (χ4v) is 3.38. The molecule has 130 valence electrons. The molecule has 0 unspecified atom stereocenters. The van der Waals surface area contributed by atoms with Gasteiger partial charge in [-0.25, -0.2) is 0 Å². The second kappa shape index (κ2) is 6.89. The highest BCUT2D eigenvalue weighted by Gasteiger charge is 2.35. The normalized spacial score (nSPS) is 17.0. The average Bonchev–Trinajstić information content (AvgIpc) is 2.94. The Morgan fingerprint density at radius 3 is 2.68 bits per heavy atom. The molecule has 1 fully saturated rings. The van der Waals surface area contributed by atoms with Gasteiger partial charge in [-0.2, -0.15) is 0 Å². The van der Waals surface area contributed by atoms with Crippen molar-refractivity contribution in [3.05, 3.63) is 58.1 Å². The molecule has 1 aliphatic heterocycles. The summed E-state index contributed by atoms with van der Waals surface area (Å²) in [5, 5.41) is 3.52. The number of hydrogen-bond donors (Lipinski definition) is 1. The van der Waals surface area contributed by atoms with Crippen LogP contribution in [0.1, 0.15) is 23.1 Å². The molecular weight excluding hydrogens is 336 g/mol. The van der Waals surface area contributed by atoms with E-state index in [1.54, 1.807) is 17.0 Å². The summed E-state index contributed by atoms with van der Waals surface area (Å²) in [6.07, 6.45) is 0.221. The molecule has 25 heavy (non-hydrogen) atoms. The molecule has 1 heterocycles. The predicted octanol–water partition coefficient (Wildman–Crippen LogP) is 4.26. The van der Waals surface area contributed by atoms with E-state index < -0.39 is 0 Å². The van der Waals surface area contributed by atoms with E-state index >= 15 is 0 Å². The zero-order valence-corrected chi connectivity index (χ0v) is 15.4. The highest BCUT2D eigenvalue weighted by atomic mass is 35.5. The van der Waals surface area contributed by atoms with Crippen molar-refractivity contribution in [3.8, 4) is 0 Å². The number of hydrogen-bond acceptors (Lipinski definition) is 2. The molecule has 2 amide bonds. The lowest BCUT2D eigenvalue weighted by molar-refractivity contribution is -0.122. The lowest BCUT2D eigenvalue weighted by Crippen LogP contribution is -2.28. The van der Waals surface area contributed by atoms with Crippen LogP contribution in [0.3, 0.4) is 0 Å². The summed E-state index contributed by atoms with van der Waals surface area (Å²) in [7, 11) is 0. The van der Waals surface area contributed by atoms with Crippen molar-refractivity contribution in [1.82, 2.24) is 0 Å². The number of benzene rings is 2. The summed E-state index contributed by atoms with van der Waals surface area (Å²) >= 11 is 6.10. The maximum Gasteiger partial charge on any atom is 0.229 e. The van der Waals surface area contributed by atoms with Crippen molar-refractivity contribution in [2.24, 2.45) is 5.92 Å². The lowest BCUT2D eigenvalue weighted by Gasteiger charge is -2.19. The van der Waals surface area contributed by atoms with Crippen molar-refractivity contribution in [2.75, 3.05) is 16.8 Å². The van der Waals surface area contributed by atoms with Crippen molar-refractivity contribution in [3.63, 3.8) is 0 Å². The molecule has 3 rings (SSSR count). The number of halogens is 1. The minimum absolute atomic E-state index is 0.0186. The number of nitrogens with zero attached hydrogens (tertiary/aromatic N) is 1. The molecule has 0 saturated carbocycles. The Labute approximate surface area is 152 Å². The largest absolute Gasteiger partial charge is 0.325 e. The van der Waals surface area contributed by atoms with Crippen molar-refractivity contribution < 1.29 is 9.59 Å². The van der Waals surface area contributed by atoms with Crippen LogP contribution in [0.4, 0.5) is 11.4 Å². The minimum Gasteiger partial charge on any atom is -0.325 e. The van der Waals surface area contributed by atoms with Crippen LogP contribution < -0.4 is 10.2 Å². The van der Waals surface area contributed by atoms with Crippen LogP contribution in [0.2, 0.25) is 5.02 Å². The SMILES string of the molecule is Cc1ccc(N2C[C@H](C(=O)Nc3cccc(Cl)c3C)CC2=O)c(C)c1. The van der Waals surface area contributed by atoms with E-state index in [1.165, 1.54) is 0 Å². The molecule has 0 aromatic heterocycles. The Balaban J connectivity index is 1.75. The number of aryl methyl sites for hydroxylation is 2. The molecular formula is C20H21ClN2O2. The summed E-state index contributed by atoms with van der Waals surface area (Å²) < 4.78 is 0. The molecule has 0 bridgehead atoms. The first-order valence-electron chi connectivity index (χ1n) is 8.30. The fourth-order valence-electron chi connectivity index (χ4n) is 3.20. The van der Waals surface area contributed by atoms with Gasteiger partial charge in [-0.3, -0.25) is 9.59 Å². The van der Waals surface area contributed by atoms with E-state index in [1.807, 2.05) is 45.0 Å². The molecule has 2 aromatic rings. The average molecular weight is 357 g/mol. The van der Waals surface area contributed by atoms with Gasteiger partial charge in [-0.05, 0) is 50.1 Å².